The van der Waals surface area contributed by atoms with E-state index in [4.69, 9.17) is 69.6 Å². The summed E-state index contributed by atoms with van der Waals surface area (Å²) >= 11 is 36.1. The second-order valence-electron chi connectivity index (χ2n) is 25.2. The quantitative estimate of drug-likeness (QED) is 0.0442. The van der Waals surface area contributed by atoms with Crippen molar-refractivity contribution in [1.29, 1.82) is 0 Å². The maximum atomic E-state index is 12.9. The van der Waals surface area contributed by atoms with Gasteiger partial charge in [0.2, 0.25) is 17.8 Å². The smallest absolute Gasteiger partial charge is 0.278 e. The molecule has 9 heterocycles. The predicted molar refractivity (Wildman–Crippen MR) is 376 cm³/mol. The zero-order valence-electron chi connectivity index (χ0n) is 51.4. The molecule has 6 N–H and O–H groups in total. The standard InChI is InChI=1S/C24H30Cl2N6O.C23H28Cl2N6O.C18H20Cl2N6O.CH4/c25-19-8-7-16(11-20(19)26)12-27-24-29-22-21(23(33)30-24)32(15-28-22)14-18-6-4-5-17(18)13-31-9-2-1-3-10-31;24-18-7-4-15(10-19(18)25)11-26-23-28-21-20(22(32)29-23)31(14-27-21)13-17-6-5-16(17)12-30-8-2-1-3-9-30;19-13-5-4-12(8-14(13)20)9-21-18-23-16-15(17(27)24-18)26(10-22-16)11-25-6-2-1-3-7-25;/h7-8,11,15,17-18H,1-6,9-10,12-14H2,(H2,27,29,30,33);4,7,10,14,16-17H,1-3,5-6,8-9,11-13H2,(H2,26,28,29,32);4-5,8,10H,1-3,6-7,9,11H2,(H2,21,23,24,27);1H4. The summed E-state index contributed by atoms with van der Waals surface area (Å²) in [6.07, 6.45) is 23.2. The van der Waals surface area contributed by atoms with Crippen LogP contribution in [0.1, 0.15) is 114 Å². The Morgan fingerprint density at radius 3 is 1.08 bits per heavy atom. The Morgan fingerprint density at radius 2 is 0.710 bits per heavy atom. The number of hydrogen-bond donors (Lipinski definition) is 6. The average molecular weight is 1390 g/mol. The summed E-state index contributed by atoms with van der Waals surface area (Å²) < 4.78 is 5.86. The molecule has 4 atom stereocenters. The van der Waals surface area contributed by atoms with E-state index in [1.54, 1.807) is 55.4 Å². The summed E-state index contributed by atoms with van der Waals surface area (Å²) in [5, 5.41) is 12.4. The molecule has 9 aromatic rings. The molecule has 2 saturated carbocycles. The average Bonchev–Trinajstić information content (AvgIpc) is 1.71. The highest BCUT2D eigenvalue weighted by atomic mass is 35.5. The SMILES string of the molecule is C.O=c1[nH]c(NCc2ccc(Cl)c(Cl)c2)nc2ncn(CC3CCC3CN3CCCCC3)c12.O=c1[nH]c(NCc2ccc(Cl)c(Cl)c2)nc2ncn(CC3CCCC3CN3CCCCC3)c12.O=c1[nH]c(NCc2ccc(Cl)c(Cl)c2)nc2ncn(CN3CCCCC3)c12. The van der Waals surface area contributed by atoms with Gasteiger partial charge in [0.25, 0.3) is 16.7 Å². The number of hydrogen-bond acceptors (Lipinski definition) is 15. The van der Waals surface area contributed by atoms with E-state index >= 15 is 0 Å². The van der Waals surface area contributed by atoms with E-state index in [0.717, 1.165) is 42.9 Å². The second-order valence-corrected chi connectivity index (χ2v) is 27.6. The Kier molecular flexibility index (Phi) is 23.4. The molecule has 0 bridgehead atoms. The van der Waals surface area contributed by atoms with E-state index in [1.165, 1.54) is 129 Å². The Morgan fingerprint density at radius 1 is 0.387 bits per heavy atom. The molecule has 21 nitrogen and oxygen atoms in total. The number of piperidine rings is 3. The minimum Gasteiger partial charge on any atom is -0.352 e. The summed E-state index contributed by atoms with van der Waals surface area (Å²) in [6, 6.07) is 16.2. The molecule has 27 heteroatoms. The molecule has 3 aromatic carbocycles. The summed E-state index contributed by atoms with van der Waals surface area (Å²) in [4.78, 5) is 81.1. The van der Waals surface area contributed by atoms with Gasteiger partial charge in [0.15, 0.2) is 33.5 Å². The molecule has 4 unspecified atom stereocenters. The molecular formula is C66H82Cl6N18O3. The third-order valence-electron chi connectivity index (χ3n) is 18.7. The number of likely N-dealkylation sites (tertiary alicyclic amines) is 3. The van der Waals surface area contributed by atoms with Gasteiger partial charge < -0.3 is 39.5 Å². The first kappa shape index (κ1) is 68.1. The van der Waals surface area contributed by atoms with Gasteiger partial charge in [-0.1, -0.05) is 121 Å². The number of halogens is 6. The van der Waals surface area contributed by atoms with Gasteiger partial charge in [-0.05, 0) is 180 Å². The lowest BCUT2D eigenvalue weighted by atomic mass is 9.73. The molecule has 3 aliphatic heterocycles. The van der Waals surface area contributed by atoms with Gasteiger partial charge in [-0.25, -0.2) is 15.0 Å². The number of benzene rings is 3. The van der Waals surface area contributed by atoms with Gasteiger partial charge in [0.05, 0.1) is 55.8 Å². The third-order valence-corrected chi connectivity index (χ3v) is 20.9. The number of aromatic nitrogens is 12. The Labute approximate surface area is 570 Å². The van der Waals surface area contributed by atoms with Crippen molar-refractivity contribution in [2.75, 3.05) is 68.3 Å². The molecule has 0 radical (unpaired) electrons. The fourth-order valence-electron chi connectivity index (χ4n) is 13.6. The van der Waals surface area contributed by atoms with Crippen LogP contribution in [0, 0.1) is 23.7 Å². The molecular weight excluding hydrogens is 1310 g/mol. The van der Waals surface area contributed by atoms with Crippen LogP contribution in [0.15, 0.2) is 88.0 Å². The number of anilines is 3. The number of H-pyrrole nitrogens is 3. The van der Waals surface area contributed by atoms with Gasteiger partial charge in [-0.2, -0.15) is 15.0 Å². The third kappa shape index (κ3) is 17.4. The lowest BCUT2D eigenvalue weighted by Crippen LogP contribution is -2.41. The van der Waals surface area contributed by atoms with Crippen LogP contribution in [-0.2, 0) is 39.4 Å². The van der Waals surface area contributed by atoms with Crippen LogP contribution in [0.3, 0.4) is 0 Å². The van der Waals surface area contributed by atoms with E-state index in [1.807, 2.05) is 31.9 Å². The van der Waals surface area contributed by atoms with Crippen LogP contribution in [0.25, 0.3) is 33.5 Å². The van der Waals surface area contributed by atoms with E-state index in [-0.39, 0.29) is 24.1 Å². The van der Waals surface area contributed by atoms with Crippen LogP contribution >= 0.6 is 69.6 Å². The first-order chi connectivity index (χ1) is 44.7. The Balaban J connectivity index is 0.000000143. The summed E-state index contributed by atoms with van der Waals surface area (Å²) in [6.45, 7) is 13.1. The normalized spacial score (nSPS) is 19.5. The van der Waals surface area contributed by atoms with Gasteiger partial charge in [0.1, 0.15) is 0 Å². The van der Waals surface area contributed by atoms with Gasteiger partial charge in [-0.3, -0.25) is 34.2 Å². The van der Waals surface area contributed by atoms with Gasteiger partial charge >= 0.3 is 0 Å². The van der Waals surface area contributed by atoms with E-state index in [0.29, 0.717) is 131 Å². The van der Waals surface area contributed by atoms with Crippen molar-refractivity contribution in [1.82, 2.24) is 73.3 Å². The fraction of sp³-hybridized carbons (Fsp3) is 0.500. The van der Waals surface area contributed by atoms with Crippen LogP contribution in [0.5, 0.6) is 0 Å². The zero-order valence-corrected chi connectivity index (χ0v) is 55.9. The Hall–Kier alpha value is -6.27. The number of nitrogens with zero attached hydrogens (tertiary/aromatic N) is 12. The monoisotopic (exact) mass is 1380 g/mol. The molecule has 0 spiro atoms. The molecule has 5 aliphatic rings. The van der Waals surface area contributed by atoms with Gasteiger partial charge in [-0.15, -0.1) is 0 Å². The summed E-state index contributed by atoms with van der Waals surface area (Å²) in [7, 11) is 0. The van der Waals surface area contributed by atoms with E-state index in [2.05, 4.69) is 75.5 Å². The topological polar surface area (TPSA) is 237 Å². The maximum Gasteiger partial charge on any atom is 0.278 e. The minimum absolute atomic E-state index is 0. The summed E-state index contributed by atoms with van der Waals surface area (Å²) in [5.74, 6) is 3.75. The van der Waals surface area contributed by atoms with E-state index < -0.39 is 0 Å². The predicted octanol–water partition coefficient (Wildman–Crippen LogP) is 13.6. The minimum atomic E-state index is -0.203. The lowest BCUT2D eigenvalue weighted by Gasteiger charge is -2.41. The van der Waals surface area contributed by atoms with Crippen molar-refractivity contribution < 1.29 is 0 Å². The van der Waals surface area contributed by atoms with Crippen molar-refractivity contribution >= 4 is 121 Å². The largest absolute Gasteiger partial charge is 0.352 e. The maximum absolute atomic E-state index is 12.9. The van der Waals surface area contributed by atoms with Crippen LogP contribution < -0.4 is 32.6 Å². The van der Waals surface area contributed by atoms with Crippen LogP contribution in [0.2, 0.25) is 30.1 Å². The molecule has 496 valence electrons. The van der Waals surface area contributed by atoms with Crippen molar-refractivity contribution in [3.8, 4) is 0 Å². The number of rotatable bonds is 19. The molecule has 93 heavy (non-hydrogen) atoms. The number of aromatic amines is 3. The van der Waals surface area contributed by atoms with Gasteiger partial charge in [0, 0.05) is 45.8 Å². The van der Waals surface area contributed by atoms with Crippen molar-refractivity contribution in [3.05, 3.63) is 151 Å². The molecule has 0 amide bonds. The number of imidazole rings is 3. The fourth-order valence-corrected chi connectivity index (χ4v) is 14.5. The van der Waals surface area contributed by atoms with Crippen molar-refractivity contribution in [2.24, 2.45) is 23.7 Å². The molecule has 2 aliphatic carbocycles. The number of fused-ring (bicyclic) bond motifs is 3. The molecule has 14 rings (SSSR count). The summed E-state index contributed by atoms with van der Waals surface area (Å²) in [5.41, 5.74) is 5.26. The zero-order chi connectivity index (χ0) is 63.7. The highest BCUT2D eigenvalue weighted by molar-refractivity contribution is 6.43. The highest BCUT2D eigenvalue weighted by Crippen LogP contribution is 2.38. The highest BCUT2D eigenvalue weighted by Gasteiger charge is 2.34. The van der Waals surface area contributed by atoms with Crippen molar-refractivity contribution in [3.63, 3.8) is 0 Å². The molecule has 5 fully saturated rings. The van der Waals surface area contributed by atoms with Crippen LogP contribution in [0.4, 0.5) is 17.8 Å². The number of nitrogens with one attached hydrogen (secondary N) is 6. The van der Waals surface area contributed by atoms with Crippen molar-refractivity contribution in [2.45, 2.75) is 137 Å². The first-order valence-corrected chi connectivity index (χ1v) is 34.6. The molecule has 6 aromatic heterocycles. The van der Waals surface area contributed by atoms with E-state index in [9.17, 15) is 14.4 Å². The second kappa shape index (κ2) is 32.0. The molecule has 3 saturated heterocycles. The van der Waals surface area contributed by atoms with Crippen LogP contribution in [-0.4, -0.2) is 126 Å². The first-order valence-electron chi connectivity index (χ1n) is 32.3. The lowest BCUT2D eigenvalue weighted by molar-refractivity contribution is 0.0868. The Bertz CT molecular complexity index is 4170.